The quantitative estimate of drug-likeness (QED) is 0.251. The predicted molar refractivity (Wildman–Crippen MR) is 140 cm³/mol. The van der Waals surface area contributed by atoms with Crippen molar-refractivity contribution in [2.45, 2.75) is 64.1 Å². The number of halogens is 3. The van der Waals surface area contributed by atoms with Gasteiger partial charge in [0, 0.05) is 6.20 Å². The maximum absolute atomic E-state index is 12.5. The second kappa shape index (κ2) is 9.99. The number of fused-ring (bicyclic) bond motifs is 1. The smallest absolute Gasteiger partial charge is 0.406 e. The minimum absolute atomic E-state index is 0.196. The van der Waals surface area contributed by atoms with E-state index in [1.54, 1.807) is 24.5 Å². The molecule has 3 atom stereocenters. The van der Waals surface area contributed by atoms with E-state index in [2.05, 4.69) is 25.3 Å². The van der Waals surface area contributed by atoms with E-state index >= 15 is 0 Å². The van der Waals surface area contributed by atoms with E-state index in [4.69, 9.17) is 9.97 Å². The van der Waals surface area contributed by atoms with Crippen LogP contribution in [-0.2, 0) is 0 Å². The summed E-state index contributed by atoms with van der Waals surface area (Å²) in [6.07, 6.45) is 1.07. The first-order chi connectivity index (χ1) is 18.0. The van der Waals surface area contributed by atoms with Crippen molar-refractivity contribution in [3.63, 3.8) is 0 Å². The number of thiazole rings is 1. The zero-order valence-electron chi connectivity index (χ0n) is 21.0. The number of nitrogens with one attached hydrogen (secondary N) is 2. The lowest BCUT2D eigenvalue weighted by atomic mass is 10.0. The van der Waals surface area contributed by atoms with Crippen molar-refractivity contribution in [1.82, 2.24) is 19.9 Å². The normalized spacial score (nSPS) is 20.4. The Hall–Kier alpha value is -3.51. The van der Waals surface area contributed by atoms with E-state index in [0.717, 1.165) is 39.2 Å². The van der Waals surface area contributed by atoms with Crippen LogP contribution < -0.4 is 15.4 Å². The Bertz CT molecular complexity index is 1410. The van der Waals surface area contributed by atoms with Crippen molar-refractivity contribution >= 4 is 33.3 Å². The summed E-state index contributed by atoms with van der Waals surface area (Å²) < 4.78 is 42.4. The Morgan fingerprint density at radius 3 is 2.58 bits per heavy atom. The summed E-state index contributed by atoms with van der Waals surface area (Å²) in [6, 6.07) is 7.06. The van der Waals surface area contributed by atoms with E-state index in [1.165, 1.54) is 23.5 Å². The molecule has 1 fully saturated rings. The molecule has 4 aromatic rings. The first-order valence-electron chi connectivity index (χ1n) is 12.2. The van der Waals surface area contributed by atoms with Crippen LogP contribution in [0.15, 0.2) is 42.7 Å². The number of hydrogen-bond donors (Lipinski definition) is 3. The Labute approximate surface area is 221 Å². The monoisotopic (exact) mass is 544 g/mol. The number of anilines is 2. The van der Waals surface area contributed by atoms with Crippen molar-refractivity contribution in [1.29, 1.82) is 0 Å². The van der Waals surface area contributed by atoms with Crippen molar-refractivity contribution < 1.29 is 23.0 Å². The van der Waals surface area contributed by atoms with E-state index < -0.39 is 12.0 Å². The van der Waals surface area contributed by atoms with Gasteiger partial charge in [0.25, 0.3) is 0 Å². The molecule has 1 saturated carbocycles. The van der Waals surface area contributed by atoms with Gasteiger partial charge in [0.15, 0.2) is 0 Å². The van der Waals surface area contributed by atoms with Crippen LogP contribution in [0.5, 0.6) is 5.75 Å². The molecule has 0 amide bonds. The molecular formula is C26H27F3N6O2S. The second-order valence-corrected chi connectivity index (χ2v) is 10.7. The summed E-state index contributed by atoms with van der Waals surface area (Å²) in [5, 5.41) is 18.3. The lowest BCUT2D eigenvalue weighted by molar-refractivity contribution is -0.274. The van der Waals surface area contributed by atoms with Gasteiger partial charge in [-0.1, -0.05) is 12.1 Å². The third kappa shape index (κ3) is 5.65. The molecule has 8 nitrogen and oxygen atoms in total. The molecule has 1 aliphatic carbocycles. The van der Waals surface area contributed by atoms with Crippen LogP contribution in [0.2, 0.25) is 0 Å². The summed E-state index contributed by atoms with van der Waals surface area (Å²) >= 11 is 1.51. The predicted octanol–water partition coefficient (Wildman–Crippen LogP) is 6.24. The van der Waals surface area contributed by atoms with Gasteiger partial charge in [0.2, 0.25) is 5.95 Å². The topological polar surface area (TPSA) is 105 Å². The summed E-state index contributed by atoms with van der Waals surface area (Å²) in [5.41, 5.74) is 2.07. The molecule has 0 radical (unpaired) electrons. The Kier molecular flexibility index (Phi) is 6.86. The molecule has 3 N–H and O–H groups in total. The molecular weight excluding hydrogens is 517 g/mol. The van der Waals surface area contributed by atoms with Crippen LogP contribution >= 0.6 is 11.3 Å². The number of alkyl halides is 3. The van der Waals surface area contributed by atoms with Crippen LogP contribution in [0.1, 0.15) is 50.4 Å². The molecule has 1 aliphatic rings. The molecule has 0 spiro atoms. The van der Waals surface area contributed by atoms with Gasteiger partial charge in [-0.15, -0.1) is 24.5 Å². The molecule has 0 aliphatic heterocycles. The summed E-state index contributed by atoms with van der Waals surface area (Å²) in [6.45, 7) is 5.56. The zero-order chi connectivity index (χ0) is 27.1. The largest absolute Gasteiger partial charge is 0.573 e. The number of benzene rings is 1. The highest BCUT2D eigenvalue weighted by Crippen LogP contribution is 2.39. The third-order valence-electron chi connectivity index (χ3n) is 6.69. The summed E-state index contributed by atoms with van der Waals surface area (Å²) in [5.74, 6) is 0.614. The van der Waals surface area contributed by atoms with E-state index in [1.807, 2.05) is 26.8 Å². The maximum Gasteiger partial charge on any atom is 0.573 e. The fourth-order valence-corrected chi connectivity index (χ4v) is 5.69. The first-order valence-corrected chi connectivity index (χ1v) is 13.0. The molecule has 0 saturated heterocycles. The summed E-state index contributed by atoms with van der Waals surface area (Å²) in [7, 11) is 0. The standard InChI is InChI=1S/C26H27F3N6O2S/c1-14(16-6-8-17(9-7-16)37-26(27,28)29)31-24-32-15(2)21(23-33-18-13-30-12-10-19(18)38-23)22(35-24)34-20-5-4-11-25(20,3)36/h6-10,12-14,20,36H,4-5,11H2,1-3H3,(H2,31,32,34,35)/t14-,20-,25-/m1/s1. The number of aliphatic hydroxyl groups is 1. The molecule has 0 bridgehead atoms. The van der Waals surface area contributed by atoms with Gasteiger partial charge < -0.3 is 20.5 Å². The van der Waals surface area contributed by atoms with Crippen molar-refractivity contribution in [2.24, 2.45) is 0 Å². The molecule has 200 valence electrons. The average molecular weight is 545 g/mol. The van der Waals surface area contributed by atoms with Gasteiger partial charge in [-0.05, 0) is 63.8 Å². The lowest BCUT2D eigenvalue weighted by Crippen LogP contribution is -2.39. The van der Waals surface area contributed by atoms with Gasteiger partial charge in [-0.25, -0.2) is 9.97 Å². The molecule has 38 heavy (non-hydrogen) atoms. The highest BCUT2D eigenvalue weighted by Gasteiger charge is 2.38. The van der Waals surface area contributed by atoms with Gasteiger partial charge in [0.05, 0.1) is 39.8 Å². The SMILES string of the molecule is Cc1nc(N[C@H](C)c2ccc(OC(F)(F)F)cc2)nc(N[C@@H]2CCC[C@@]2(C)O)c1-c1nc2cnccc2s1. The average Bonchev–Trinajstić information content (AvgIpc) is 3.40. The summed E-state index contributed by atoms with van der Waals surface area (Å²) in [4.78, 5) is 18.4. The van der Waals surface area contributed by atoms with Gasteiger partial charge in [-0.3, -0.25) is 4.98 Å². The number of aryl methyl sites for hydroxylation is 1. The van der Waals surface area contributed by atoms with E-state index in [0.29, 0.717) is 23.9 Å². The molecule has 3 aromatic heterocycles. The number of nitrogens with zero attached hydrogens (tertiary/aromatic N) is 4. The Balaban J connectivity index is 1.46. The molecule has 5 rings (SSSR count). The second-order valence-electron chi connectivity index (χ2n) is 9.65. The molecule has 3 heterocycles. The lowest BCUT2D eigenvalue weighted by Gasteiger charge is -2.28. The molecule has 1 aromatic carbocycles. The van der Waals surface area contributed by atoms with Crippen LogP contribution in [0, 0.1) is 6.92 Å². The zero-order valence-corrected chi connectivity index (χ0v) is 21.8. The van der Waals surface area contributed by atoms with E-state index in [-0.39, 0.29) is 17.8 Å². The highest BCUT2D eigenvalue weighted by atomic mass is 32.1. The fraction of sp³-hybridized carbons (Fsp3) is 0.385. The first kappa shape index (κ1) is 26.1. The Morgan fingerprint density at radius 1 is 1.16 bits per heavy atom. The van der Waals surface area contributed by atoms with Crippen LogP contribution in [0.3, 0.4) is 0 Å². The van der Waals surface area contributed by atoms with Gasteiger partial charge in [-0.2, -0.15) is 4.98 Å². The fourth-order valence-electron chi connectivity index (χ4n) is 4.66. The molecule has 12 heteroatoms. The highest BCUT2D eigenvalue weighted by molar-refractivity contribution is 7.21. The van der Waals surface area contributed by atoms with Crippen LogP contribution in [0.4, 0.5) is 24.9 Å². The van der Waals surface area contributed by atoms with Crippen molar-refractivity contribution in [2.75, 3.05) is 10.6 Å². The Morgan fingerprint density at radius 2 is 1.92 bits per heavy atom. The number of ether oxygens (including phenoxy) is 1. The van der Waals surface area contributed by atoms with Crippen LogP contribution in [-0.4, -0.2) is 43.0 Å². The van der Waals surface area contributed by atoms with Crippen molar-refractivity contribution in [3.05, 3.63) is 54.0 Å². The minimum atomic E-state index is -4.74. The number of rotatable bonds is 7. The number of aromatic nitrogens is 4. The van der Waals surface area contributed by atoms with E-state index in [9.17, 15) is 18.3 Å². The number of pyridine rings is 1. The third-order valence-corrected chi connectivity index (χ3v) is 7.74. The maximum atomic E-state index is 12.5. The van der Waals surface area contributed by atoms with Crippen molar-refractivity contribution in [3.8, 4) is 16.3 Å². The van der Waals surface area contributed by atoms with Crippen LogP contribution in [0.25, 0.3) is 20.8 Å². The number of hydrogen-bond acceptors (Lipinski definition) is 9. The van der Waals surface area contributed by atoms with Gasteiger partial charge >= 0.3 is 6.36 Å². The molecule has 0 unspecified atom stereocenters. The minimum Gasteiger partial charge on any atom is -0.406 e. The van der Waals surface area contributed by atoms with Gasteiger partial charge in [0.1, 0.15) is 22.1 Å².